The summed E-state index contributed by atoms with van der Waals surface area (Å²) < 4.78 is 19.8. The fourth-order valence-electron chi connectivity index (χ4n) is 3.14. The second-order valence-corrected chi connectivity index (χ2v) is 6.79. The molecule has 2 aromatic carbocycles. The van der Waals surface area contributed by atoms with Crippen LogP contribution in [0.3, 0.4) is 0 Å². The second-order valence-electron chi connectivity index (χ2n) is 6.79. The van der Waals surface area contributed by atoms with Gasteiger partial charge >= 0.3 is 0 Å². The predicted octanol–water partition coefficient (Wildman–Crippen LogP) is 4.00. The minimum Gasteiger partial charge on any atom is -0.392 e. The molecule has 0 aliphatic carbocycles. The Bertz CT molecular complexity index is 1200. The van der Waals surface area contributed by atoms with Crippen LogP contribution in [0.4, 0.5) is 10.1 Å². The van der Waals surface area contributed by atoms with E-state index in [-0.39, 0.29) is 17.3 Å². The molecule has 2 aromatic heterocycles. The lowest BCUT2D eigenvalue weighted by Gasteiger charge is -2.23. The zero-order valence-electron chi connectivity index (χ0n) is 16.9. The molecule has 0 spiro atoms. The third-order valence-electron chi connectivity index (χ3n) is 4.84. The molecule has 0 fully saturated rings. The number of nitrogens with two attached hydrogens (primary N) is 2. The van der Waals surface area contributed by atoms with Crippen LogP contribution in [0.15, 0.2) is 77.6 Å². The molecule has 0 saturated heterocycles. The van der Waals surface area contributed by atoms with E-state index in [1.807, 2.05) is 24.3 Å². The first-order valence-corrected chi connectivity index (χ1v) is 9.71. The number of pyridine rings is 1. The molecular formula is C23H21FN6O. The third-order valence-corrected chi connectivity index (χ3v) is 4.84. The Morgan fingerprint density at radius 2 is 1.74 bits per heavy atom. The normalized spacial score (nSPS) is 11.8. The number of hydrogen-bond acceptors (Lipinski definition) is 7. The summed E-state index contributed by atoms with van der Waals surface area (Å²) in [5.74, 6) is 6.28. The molecule has 8 heteroatoms. The smallest absolute Gasteiger partial charge is 0.276 e. The maximum Gasteiger partial charge on any atom is 0.276 e. The molecule has 4 aromatic rings. The van der Waals surface area contributed by atoms with Gasteiger partial charge in [0, 0.05) is 23.5 Å². The maximum atomic E-state index is 14.4. The number of nitrogens with zero attached hydrogens (tertiary/aromatic N) is 4. The van der Waals surface area contributed by atoms with Crippen molar-refractivity contribution in [3.63, 3.8) is 0 Å². The van der Waals surface area contributed by atoms with E-state index in [1.165, 1.54) is 16.6 Å². The van der Waals surface area contributed by atoms with E-state index in [4.69, 9.17) is 16.1 Å². The molecule has 0 aliphatic heterocycles. The maximum absolute atomic E-state index is 14.4. The Kier molecular flexibility index (Phi) is 5.72. The highest BCUT2D eigenvalue weighted by Gasteiger charge is 2.22. The summed E-state index contributed by atoms with van der Waals surface area (Å²) >= 11 is 0. The minimum absolute atomic E-state index is 0.0770. The van der Waals surface area contributed by atoms with Gasteiger partial charge in [-0.3, -0.25) is 9.99 Å². The van der Waals surface area contributed by atoms with Crippen LogP contribution in [0.2, 0.25) is 0 Å². The van der Waals surface area contributed by atoms with Gasteiger partial charge < -0.3 is 10.3 Å². The van der Waals surface area contributed by atoms with Gasteiger partial charge in [-0.05, 0) is 36.2 Å². The van der Waals surface area contributed by atoms with E-state index in [1.54, 1.807) is 42.7 Å². The van der Waals surface area contributed by atoms with Gasteiger partial charge in [0.25, 0.3) is 5.89 Å². The number of aryl methyl sites for hydroxylation is 1. The van der Waals surface area contributed by atoms with E-state index in [0.717, 1.165) is 12.0 Å². The van der Waals surface area contributed by atoms with Gasteiger partial charge in [0.1, 0.15) is 11.5 Å². The van der Waals surface area contributed by atoms with Crippen molar-refractivity contribution in [3.05, 3.63) is 95.9 Å². The standard InChI is InChI=1S/C23H21FN6O/c1-2-15-7-9-17(10-8-15)22-28-23(31-29-22)20(25)21(16-11-13-27-14-12-16)30(26)19-6-4-3-5-18(19)24/h3-14H,2,25-26H2,1H3/b21-20-. The van der Waals surface area contributed by atoms with E-state index < -0.39 is 5.82 Å². The SMILES string of the molecule is CCc1ccc(-c2noc(/C(N)=C(\c3ccncc3)N(N)c3ccccc3F)n2)cc1. The summed E-state index contributed by atoms with van der Waals surface area (Å²) in [5, 5.41) is 5.21. The molecule has 0 amide bonds. The Morgan fingerprint density at radius 3 is 2.42 bits per heavy atom. The zero-order valence-corrected chi connectivity index (χ0v) is 16.9. The van der Waals surface area contributed by atoms with Crippen LogP contribution in [0, 0.1) is 5.82 Å². The van der Waals surface area contributed by atoms with Crippen LogP contribution >= 0.6 is 0 Å². The number of halogens is 1. The summed E-state index contributed by atoms with van der Waals surface area (Å²) in [6, 6.07) is 17.4. The number of para-hydroxylation sites is 1. The molecule has 4 rings (SSSR count). The first-order valence-electron chi connectivity index (χ1n) is 9.71. The van der Waals surface area contributed by atoms with Crippen molar-refractivity contribution in [1.82, 2.24) is 15.1 Å². The first-order chi connectivity index (χ1) is 15.1. The average molecular weight is 416 g/mol. The Balaban J connectivity index is 1.79. The lowest BCUT2D eigenvalue weighted by molar-refractivity contribution is 0.408. The molecule has 2 heterocycles. The molecule has 156 valence electrons. The molecular weight excluding hydrogens is 395 g/mol. The van der Waals surface area contributed by atoms with Gasteiger partial charge in [0.15, 0.2) is 0 Å². The Labute approximate surface area is 178 Å². The van der Waals surface area contributed by atoms with Gasteiger partial charge in [0.2, 0.25) is 5.82 Å². The van der Waals surface area contributed by atoms with E-state index >= 15 is 0 Å². The summed E-state index contributed by atoms with van der Waals surface area (Å²) in [7, 11) is 0. The molecule has 0 saturated carbocycles. The average Bonchev–Trinajstić information content (AvgIpc) is 3.30. The zero-order chi connectivity index (χ0) is 21.8. The summed E-state index contributed by atoms with van der Waals surface area (Å²) in [4.78, 5) is 8.45. The summed E-state index contributed by atoms with van der Waals surface area (Å²) in [5.41, 5.74) is 9.60. The number of hydrazine groups is 1. The fraction of sp³-hybridized carbons (Fsp3) is 0.0870. The molecule has 7 nitrogen and oxygen atoms in total. The monoisotopic (exact) mass is 416 g/mol. The molecule has 31 heavy (non-hydrogen) atoms. The second kappa shape index (κ2) is 8.76. The number of benzene rings is 2. The van der Waals surface area contributed by atoms with Crippen molar-refractivity contribution < 1.29 is 8.91 Å². The topological polar surface area (TPSA) is 107 Å². The van der Waals surface area contributed by atoms with Crippen LogP contribution < -0.4 is 16.6 Å². The Morgan fingerprint density at radius 1 is 1.03 bits per heavy atom. The summed E-state index contributed by atoms with van der Waals surface area (Å²) in [6.45, 7) is 2.09. The highest BCUT2D eigenvalue weighted by molar-refractivity contribution is 5.93. The van der Waals surface area contributed by atoms with Crippen LogP contribution in [0.25, 0.3) is 22.8 Å². The quantitative estimate of drug-likeness (QED) is 0.361. The van der Waals surface area contributed by atoms with Crippen molar-refractivity contribution in [2.75, 3.05) is 5.01 Å². The summed E-state index contributed by atoms with van der Waals surface area (Å²) in [6.07, 6.45) is 4.11. The van der Waals surface area contributed by atoms with Gasteiger partial charge in [-0.25, -0.2) is 10.2 Å². The molecule has 0 unspecified atom stereocenters. The number of hydrogen-bond donors (Lipinski definition) is 2. The predicted molar refractivity (Wildman–Crippen MR) is 117 cm³/mol. The fourth-order valence-corrected chi connectivity index (χ4v) is 3.14. The van der Waals surface area contributed by atoms with Crippen molar-refractivity contribution in [1.29, 1.82) is 0 Å². The molecule has 0 aliphatic rings. The van der Waals surface area contributed by atoms with Gasteiger partial charge in [0.05, 0.1) is 11.4 Å². The van der Waals surface area contributed by atoms with Crippen molar-refractivity contribution in [3.8, 4) is 11.4 Å². The van der Waals surface area contributed by atoms with Crippen LogP contribution in [0.1, 0.15) is 23.9 Å². The van der Waals surface area contributed by atoms with E-state index in [2.05, 4.69) is 22.0 Å². The van der Waals surface area contributed by atoms with E-state index in [0.29, 0.717) is 17.1 Å². The lowest BCUT2D eigenvalue weighted by atomic mass is 10.1. The van der Waals surface area contributed by atoms with Crippen molar-refractivity contribution >= 4 is 17.1 Å². The van der Waals surface area contributed by atoms with E-state index in [9.17, 15) is 4.39 Å². The third kappa shape index (κ3) is 4.15. The van der Waals surface area contributed by atoms with Gasteiger partial charge in [-0.1, -0.05) is 48.5 Å². The van der Waals surface area contributed by atoms with Crippen molar-refractivity contribution in [2.24, 2.45) is 11.6 Å². The molecule has 0 atom stereocenters. The molecule has 0 bridgehead atoms. The molecule has 4 N–H and O–H groups in total. The highest BCUT2D eigenvalue weighted by Crippen LogP contribution is 2.30. The highest BCUT2D eigenvalue weighted by atomic mass is 19.1. The van der Waals surface area contributed by atoms with Crippen molar-refractivity contribution in [2.45, 2.75) is 13.3 Å². The first kappa shape index (κ1) is 20.2. The van der Waals surface area contributed by atoms with Gasteiger partial charge in [-0.2, -0.15) is 4.98 Å². The Hall–Kier alpha value is -4.04. The minimum atomic E-state index is -0.494. The number of anilines is 1. The largest absolute Gasteiger partial charge is 0.392 e. The molecule has 0 radical (unpaired) electrons. The van der Waals surface area contributed by atoms with Crippen LogP contribution in [-0.4, -0.2) is 15.1 Å². The van der Waals surface area contributed by atoms with Gasteiger partial charge in [-0.15, -0.1) is 0 Å². The lowest BCUT2D eigenvalue weighted by Crippen LogP contribution is -2.32. The van der Waals surface area contributed by atoms with Crippen LogP contribution in [-0.2, 0) is 6.42 Å². The van der Waals surface area contributed by atoms with Crippen LogP contribution in [0.5, 0.6) is 0 Å². The number of rotatable bonds is 6. The number of aromatic nitrogens is 3.